The van der Waals surface area contributed by atoms with Crippen molar-refractivity contribution in [2.24, 2.45) is 11.5 Å². The first kappa shape index (κ1) is 19.7. The van der Waals surface area contributed by atoms with E-state index >= 15 is 0 Å². The van der Waals surface area contributed by atoms with E-state index in [9.17, 15) is 19.8 Å². The van der Waals surface area contributed by atoms with Crippen LogP contribution in [0, 0.1) is 0 Å². The van der Waals surface area contributed by atoms with E-state index in [1.54, 1.807) is 12.1 Å². The highest BCUT2D eigenvalue weighted by molar-refractivity contribution is 6.33. The van der Waals surface area contributed by atoms with Crippen LogP contribution >= 0.6 is 0 Å². The Morgan fingerprint density at radius 2 is 1.11 bits per heavy atom. The van der Waals surface area contributed by atoms with Gasteiger partial charge in [0.15, 0.2) is 0 Å². The number of carbonyl (C=O) groups is 2. The maximum absolute atomic E-state index is 13.3. The van der Waals surface area contributed by atoms with Crippen molar-refractivity contribution in [2.45, 2.75) is 39.0 Å². The fourth-order valence-electron chi connectivity index (χ4n) is 3.21. The molecule has 3 rings (SSSR count). The first-order valence-electron chi connectivity index (χ1n) is 9.15. The molecule has 0 heterocycles. The molecule has 0 bridgehead atoms. The third kappa shape index (κ3) is 3.17. The van der Waals surface area contributed by atoms with Gasteiger partial charge in [-0.25, -0.2) is 0 Å². The minimum absolute atomic E-state index is 0.0932. The molecule has 28 heavy (non-hydrogen) atoms. The Labute approximate surface area is 162 Å². The van der Waals surface area contributed by atoms with Gasteiger partial charge in [0, 0.05) is 11.4 Å². The Kier molecular flexibility index (Phi) is 5.26. The molecule has 2 atom stereocenters. The maximum Gasteiger partial charge on any atom is 0.200 e. The van der Waals surface area contributed by atoms with Crippen molar-refractivity contribution in [3.8, 4) is 11.5 Å². The van der Waals surface area contributed by atoms with E-state index < -0.39 is 23.9 Å². The molecular formula is C20H24N4O4. The molecular weight excluding hydrogens is 360 g/mol. The summed E-state index contributed by atoms with van der Waals surface area (Å²) in [6, 6.07) is 5.67. The van der Waals surface area contributed by atoms with Crippen molar-refractivity contribution in [3.63, 3.8) is 0 Å². The molecule has 2 aromatic carbocycles. The average Bonchev–Trinajstić information content (AvgIpc) is 2.68. The normalized spacial score (nSPS) is 14.9. The Bertz CT molecular complexity index is 882. The Morgan fingerprint density at radius 1 is 0.750 bits per heavy atom. The minimum Gasteiger partial charge on any atom is -0.507 e. The summed E-state index contributed by atoms with van der Waals surface area (Å²) in [4.78, 5) is 26.5. The van der Waals surface area contributed by atoms with Crippen molar-refractivity contribution in [1.29, 1.82) is 0 Å². The number of rotatable bonds is 6. The van der Waals surface area contributed by atoms with Gasteiger partial charge in [-0.3, -0.25) is 9.59 Å². The number of benzene rings is 2. The van der Waals surface area contributed by atoms with E-state index in [0.29, 0.717) is 24.2 Å². The van der Waals surface area contributed by atoms with Gasteiger partial charge < -0.3 is 32.3 Å². The Balaban J connectivity index is 2.28. The second kappa shape index (κ2) is 7.49. The lowest BCUT2D eigenvalue weighted by molar-refractivity contribution is 0.0975. The number of carbonyl (C=O) groups excluding carboxylic acids is 2. The van der Waals surface area contributed by atoms with Crippen molar-refractivity contribution >= 4 is 22.9 Å². The van der Waals surface area contributed by atoms with Crippen molar-refractivity contribution in [2.75, 3.05) is 10.6 Å². The van der Waals surface area contributed by atoms with E-state index in [1.165, 1.54) is 12.1 Å². The zero-order valence-corrected chi connectivity index (χ0v) is 15.7. The molecule has 1 aliphatic rings. The summed E-state index contributed by atoms with van der Waals surface area (Å²) in [6.45, 7) is 3.76. The average molecular weight is 384 g/mol. The molecule has 0 radical (unpaired) electrons. The lowest BCUT2D eigenvalue weighted by Crippen LogP contribution is -2.33. The van der Waals surface area contributed by atoms with Gasteiger partial charge in [0.2, 0.25) is 11.6 Å². The van der Waals surface area contributed by atoms with E-state index in [4.69, 9.17) is 11.5 Å². The summed E-state index contributed by atoms with van der Waals surface area (Å²) in [7, 11) is 0. The molecule has 0 fully saturated rings. The third-order valence-electron chi connectivity index (χ3n) is 4.84. The van der Waals surface area contributed by atoms with Crippen molar-refractivity contribution in [3.05, 3.63) is 46.5 Å². The molecule has 2 unspecified atom stereocenters. The second-order valence-corrected chi connectivity index (χ2v) is 6.74. The lowest BCUT2D eigenvalue weighted by atomic mass is 9.81. The summed E-state index contributed by atoms with van der Waals surface area (Å²) in [5, 5.41) is 26.5. The van der Waals surface area contributed by atoms with Gasteiger partial charge >= 0.3 is 0 Å². The van der Waals surface area contributed by atoms with Gasteiger partial charge in [-0.1, -0.05) is 13.8 Å². The van der Waals surface area contributed by atoms with Crippen LogP contribution in [-0.4, -0.2) is 34.1 Å². The summed E-state index contributed by atoms with van der Waals surface area (Å²) >= 11 is 0. The molecule has 0 saturated heterocycles. The molecule has 8 heteroatoms. The van der Waals surface area contributed by atoms with Gasteiger partial charge in [0.25, 0.3) is 0 Å². The fraction of sp³-hybridized carbons (Fsp3) is 0.300. The molecule has 0 spiro atoms. The van der Waals surface area contributed by atoms with E-state index in [1.807, 2.05) is 13.8 Å². The SMILES string of the molecule is CCC(N)Nc1ccc(NC(N)CC)c2c1C(=O)c1c(O)ccc(O)c1C2=O. The molecule has 2 aromatic rings. The predicted molar refractivity (Wildman–Crippen MR) is 107 cm³/mol. The number of phenols is 2. The van der Waals surface area contributed by atoms with Crippen LogP contribution in [-0.2, 0) is 0 Å². The highest BCUT2D eigenvalue weighted by atomic mass is 16.3. The van der Waals surface area contributed by atoms with Crippen LogP contribution < -0.4 is 22.1 Å². The van der Waals surface area contributed by atoms with Crippen LogP contribution in [0.4, 0.5) is 11.4 Å². The number of phenolic OH excluding ortho intramolecular Hbond substituents is 2. The molecule has 148 valence electrons. The topological polar surface area (TPSA) is 151 Å². The van der Waals surface area contributed by atoms with Crippen LogP contribution in [0.25, 0.3) is 0 Å². The molecule has 1 aliphatic carbocycles. The number of ketones is 2. The number of hydrogen-bond donors (Lipinski definition) is 6. The standard InChI is InChI=1S/C20H24N4O4/c1-3-13(21)23-9-5-6-10(24-14(22)4-2)16-15(9)19(27)17-11(25)7-8-12(26)18(17)20(16)28/h5-8,13-14,23-26H,3-4,21-22H2,1-2H3. The molecule has 0 saturated carbocycles. The number of nitrogens with one attached hydrogen (secondary N) is 2. The monoisotopic (exact) mass is 384 g/mol. The van der Waals surface area contributed by atoms with E-state index in [2.05, 4.69) is 10.6 Å². The number of fused-ring (bicyclic) bond motifs is 2. The molecule has 0 amide bonds. The van der Waals surface area contributed by atoms with E-state index in [0.717, 1.165) is 0 Å². The number of aromatic hydroxyl groups is 2. The molecule has 8 N–H and O–H groups in total. The minimum atomic E-state index is -0.572. The zero-order chi connectivity index (χ0) is 20.6. The maximum atomic E-state index is 13.3. The van der Waals surface area contributed by atoms with Crippen LogP contribution in [0.5, 0.6) is 11.5 Å². The lowest BCUT2D eigenvalue weighted by Gasteiger charge is -2.26. The highest BCUT2D eigenvalue weighted by Gasteiger charge is 2.38. The van der Waals surface area contributed by atoms with Crippen LogP contribution in [0.1, 0.15) is 58.5 Å². The molecule has 8 nitrogen and oxygen atoms in total. The van der Waals surface area contributed by atoms with Gasteiger partial charge in [-0.2, -0.15) is 0 Å². The summed E-state index contributed by atoms with van der Waals surface area (Å²) in [5.41, 5.74) is 12.5. The van der Waals surface area contributed by atoms with Gasteiger partial charge in [0.05, 0.1) is 34.6 Å². The number of hydrogen-bond acceptors (Lipinski definition) is 8. The largest absolute Gasteiger partial charge is 0.507 e. The zero-order valence-electron chi connectivity index (χ0n) is 15.7. The highest BCUT2D eigenvalue weighted by Crippen LogP contribution is 2.42. The first-order valence-corrected chi connectivity index (χ1v) is 9.15. The smallest absolute Gasteiger partial charge is 0.200 e. The van der Waals surface area contributed by atoms with Crippen LogP contribution in [0.15, 0.2) is 24.3 Å². The van der Waals surface area contributed by atoms with Crippen LogP contribution in [0.3, 0.4) is 0 Å². The van der Waals surface area contributed by atoms with Gasteiger partial charge in [-0.05, 0) is 37.1 Å². The predicted octanol–water partition coefficient (Wildman–Crippen LogP) is 2.09. The summed E-state index contributed by atoms with van der Waals surface area (Å²) in [5.74, 6) is -1.88. The first-order chi connectivity index (χ1) is 13.3. The number of nitrogens with two attached hydrogens (primary N) is 2. The third-order valence-corrected chi connectivity index (χ3v) is 4.84. The van der Waals surface area contributed by atoms with Gasteiger partial charge in [0.1, 0.15) is 11.5 Å². The summed E-state index contributed by atoms with van der Waals surface area (Å²) in [6.07, 6.45) is 0.339. The molecule has 0 aromatic heterocycles. The number of anilines is 2. The Morgan fingerprint density at radius 3 is 1.43 bits per heavy atom. The Hall–Kier alpha value is -3.10. The fourth-order valence-corrected chi connectivity index (χ4v) is 3.21. The van der Waals surface area contributed by atoms with Crippen LogP contribution in [0.2, 0.25) is 0 Å². The van der Waals surface area contributed by atoms with Crippen molar-refractivity contribution in [1.82, 2.24) is 0 Å². The van der Waals surface area contributed by atoms with E-state index in [-0.39, 0.29) is 33.8 Å². The summed E-state index contributed by atoms with van der Waals surface area (Å²) < 4.78 is 0. The second-order valence-electron chi connectivity index (χ2n) is 6.74. The van der Waals surface area contributed by atoms with Gasteiger partial charge in [-0.15, -0.1) is 0 Å². The quantitative estimate of drug-likeness (QED) is 0.279. The van der Waals surface area contributed by atoms with Crippen molar-refractivity contribution < 1.29 is 19.8 Å². The molecule has 0 aliphatic heterocycles.